The van der Waals surface area contributed by atoms with E-state index in [9.17, 15) is 4.79 Å². The van der Waals surface area contributed by atoms with E-state index in [1.807, 2.05) is 31.1 Å². The molecule has 1 amide bonds. The number of hydrogen-bond donors (Lipinski definition) is 1. The first-order valence-electron chi connectivity index (χ1n) is 6.41. The molecule has 2 aromatic rings. The number of furan rings is 1. The first-order chi connectivity index (χ1) is 9.59. The average Bonchev–Trinajstić information content (AvgIpc) is 3.10. The second-order valence-electron chi connectivity index (χ2n) is 4.79. The molecule has 0 aromatic carbocycles. The van der Waals surface area contributed by atoms with Gasteiger partial charge in [-0.25, -0.2) is 9.67 Å². The molecule has 0 aliphatic heterocycles. The SMILES string of the molecule is C[C@H](C(=O)NC[C@@H](c1ccco1)N(C)C)n1cncn1. The van der Waals surface area contributed by atoms with Crippen LogP contribution in [0.15, 0.2) is 35.5 Å². The highest BCUT2D eigenvalue weighted by atomic mass is 16.3. The minimum atomic E-state index is -0.392. The molecule has 0 fully saturated rings. The van der Waals surface area contributed by atoms with E-state index in [-0.39, 0.29) is 11.9 Å². The monoisotopic (exact) mass is 277 g/mol. The molecule has 108 valence electrons. The van der Waals surface area contributed by atoms with Crippen LogP contribution in [-0.2, 0) is 4.79 Å². The number of rotatable bonds is 6. The van der Waals surface area contributed by atoms with Gasteiger partial charge in [-0.3, -0.25) is 9.69 Å². The maximum absolute atomic E-state index is 12.1. The predicted octanol–water partition coefficient (Wildman–Crippen LogP) is 0.851. The van der Waals surface area contributed by atoms with Gasteiger partial charge in [-0.1, -0.05) is 0 Å². The molecule has 20 heavy (non-hydrogen) atoms. The van der Waals surface area contributed by atoms with Crippen molar-refractivity contribution in [1.82, 2.24) is 25.0 Å². The second-order valence-corrected chi connectivity index (χ2v) is 4.79. The van der Waals surface area contributed by atoms with Gasteiger partial charge in [0.25, 0.3) is 0 Å². The quantitative estimate of drug-likeness (QED) is 0.847. The molecule has 7 nitrogen and oxygen atoms in total. The Hall–Kier alpha value is -2.15. The van der Waals surface area contributed by atoms with Crippen LogP contribution in [0.5, 0.6) is 0 Å². The van der Waals surface area contributed by atoms with Crippen LogP contribution in [-0.4, -0.2) is 46.2 Å². The van der Waals surface area contributed by atoms with E-state index in [1.54, 1.807) is 13.2 Å². The Kier molecular flexibility index (Phi) is 4.52. The normalized spacial score (nSPS) is 14.2. The number of nitrogens with one attached hydrogen (secondary N) is 1. The van der Waals surface area contributed by atoms with Crippen molar-refractivity contribution >= 4 is 5.91 Å². The molecule has 2 atom stereocenters. The van der Waals surface area contributed by atoms with Gasteiger partial charge in [0.05, 0.1) is 12.3 Å². The fourth-order valence-corrected chi connectivity index (χ4v) is 1.90. The molecule has 7 heteroatoms. The Morgan fingerprint density at radius 3 is 2.90 bits per heavy atom. The largest absolute Gasteiger partial charge is 0.468 e. The van der Waals surface area contributed by atoms with Gasteiger partial charge >= 0.3 is 0 Å². The molecular weight excluding hydrogens is 258 g/mol. The average molecular weight is 277 g/mol. The van der Waals surface area contributed by atoms with Crippen molar-refractivity contribution in [3.8, 4) is 0 Å². The molecular formula is C13H19N5O2. The molecule has 0 aliphatic carbocycles. The lowest BCUT2D eigenvalue weighted by molar-refractivity contribution is -0.124. The van der Waals surface area contributed by atoms with Crippen molar-refractivity contribution in [1.29, 1.82) is 0 Å². The number of carbonyl (C=O) groups is 1. The Labute approximate surface area is 117 Å². The van der Waals surface area contributed by atoms with Gasteiger partial charge in [-0.2, -0.15) is 5.10 Å². The zero-order chi connectivity index (χ0) is 14.5. The van der Waals surface area contributed by atoms with Gasteiger partial charge < -0.3 is 9.73 Å². The van der Waals surface area contributed by atoms with E-state index in [2.05, 4.69) is 15.4 Å². The maximum atomic E-state index is 12.1. The summed E-state index contributed by atoms with van der Waals surface area (Å²) < 4.78 is 6.92. The van der Waals surface area contributed by atoms with E-state index in [1.165, 1.54) is 17.3 Å². The van der Waals surface area contributed by atoms with Gasteiger partial charge in [0.2, 0.25) is 5.91 Å². The van der Waals surface area contributed by atoms with Crippen molar-refractivity contribution in [3.63, 3.8) is 0 Å². The molecule has 0 spiro atoms. The van der Waals surface area contributed by atoms with Crippen LogP contribution >= 0.6 is 0 Å². The number of carbonyl (C=O) groups excluding carboxylic acids is 1. The molecule has 2 aromatic heterocycles. The summed E-state index contributed by atoms with van der Waals surface area (Å²) in [6.07, 6.45) is 4.57. The minimum absolute atomic E-state index is 0.00287. The summed E-state index contributed by atoms with van der Waals surface area (Å²) in [6.45, 7) is 2.25. The highest BCUT2D eigenvalue weighted by Gasteiger charge is 2.20. The van der Waals surface area contributed by atoms with Crippen molar-refractivity contribution in [2.45, 2.75) is 19.0 Å². The van der Waals surface area contributed by atoms with Crippen LogP contribution in [0.1, 0.15) is 24.8 Å². The number of hydrogen-bond acceptors (Lipinski definition) is 5. The number of aromatic nitrogens is 3. The molecule has 0 saturated heterocycles. The van der Waals surface area contributed by atoms with E-state index < -0.39 is 6.04 Å². The van der Waals surface area contributed by atoms with E-state index in [0.29, 0.717) is 6.54 Å². The fourth-order valence-electron chi connectivity index (χ4n) is 1.90. The molecule has 0 bridgehead atoms. The van der Waals surface area contributed by atoms with Crippen LogP contribution in [0.4, 0.5) is 0 Å². The van der Waals surface area contributed by atoms with Crippen molar-refractivity contribution < 1.29 is 9.21 Å². The van der Waals surface area contributed by atoms with Gasteiger partial charge in [-0.15, -0.1) is 0 Å². The Bertz CT molecular complexity index is 521. The molecule has 1 N–H and O–H groups in total. The van der Waals surface area contributed by atoms with Gasteiger partial charge in [0, 0.05) is 6.54 Å². The van der Waals surface area contributed by atoms with Crippen LogP contribution in [0.25, 0.3) is 0 Å². The predicted molar refractivity (Wildman–Crippen MR) is 72.9 cm³/mol. The van der Waals surface area contributed by atoms with E-state index >= 15 is 0 Å². The summed E-state index contributed by atoms with van der Waals surface area (Å²) in [5.41, 5.74) is 0. The van der Waals surface area contributed by atoms with E-state index in [0.717, 1.165) is 5.76 Å². The van der Waals surface area contributed by atoms with Crippen LogP contribution < -0.4 is 5.32 Å². The summed E-state index contributed by atoms with van der Waals surface area (Å²) in [5, 5.41) is 6.88. The second kappa shape index (κ2) is 6.33. The minimum Gasteiger partial charge on any atom is -0.468 e. The van der Waals surface area contributed by atoms with Gasteiger partial charge in [0.15, 0.2) is 0 Å². The van der Waals surface area contributed by atoms with Crippen LogP contribution in [0, 0.1) is 0 Å². The zero-order valence-corrected chi connectivity index (χ0v) is 11.9. The first kappa shape index (κ1) is 14.3. The zero-order valence-electron chi connectivity index (χ0n) is 11.9. The van der Waals surface area contributed by atoms with Crippen LogP contribution in [0.2, 0.25) is 0 Å². The highest BCUT2D eigenvalue weighted by Crippen LogP contribution is 2.17. The van der Waals surface area contributed by atoms with E-state index in [4.69, 9.17) is 4.42 Å². The Morgan fingerprint density at radius 1 is 1.55 bits per heavy atom. The number of nitrogens with zero attached hydrogens (tertiary/aromatic N) is 4. The van der Waals surface area contributed by atoms with Crippen LogP contribution in [0.3, 0.4) is 0 Å². The number of likely N-dealkylation sites (N-methyl/N-ethyl adjacent to an activating group) is 1. The van der Waals surface area contributed by atoms with Crippen molar-refractivity contribution in [2.24, 2.45) is 0 Å². The first-order valence-corrected chi connectivity index (χ1v) is 6.41. The molecule has 0 saturated carbocycles. The fraction of sp³-hybridized carbons (Fsp3) is 0.462. The third-order valence-electron chi connectivity index (χ3n) is 3.18. The molecule has 2 rings (SSSR count). The maximum Gasteiger partial charge on any atom is 0.244 e. The summed E-state index contributed by atoms with van der Waals surface area (Å²) in [4.78, 5) is 17.9. The number of amides is 1. The lowest BCUT2D eigenvalue weighted by Crippen LogP contribution is -2.37. The summed E-state index contributed by atoms with van der Waals surface area (Å²) in [5.74, 6) is 0.720. The van der Waals surface area contributed by atoms with Gasteiger partial charge in [0.1, 0.15) is 24.5 Å². The third-order valence-corrected chi connectivity index (χ3v) is 3.18. The Morgan fingerprint density at radius 2 is 2.35 bits per heavy atom. The smallest absolute Gasteiger partial charge is 0.244 e. The summed E-state index contributed by atoms with van der Waals surface area (Å²) in [7, 11) is 3.89. The van der Waals surface area contributed by atoms with Crippen molar-refractivity contribution in [3.05, 3.63) is 36.8 Å². The van der Waals surface area contributed by atoms with Gasteiger partial charge in [-0.05, 0) is 33.2 Å². The highest BCUT2D eigenvalue weighted by molar-refractivity contribution is 5.79. The Balaban J connectivity index is 1.94. The van der Waals surface area contributed by atoms with Crippen molar-refractivity contribution in [2.75, 3.05) is 20.6 Å². The lowest BCUT2D eigenvalue weighted by atomic mass is 10.2. The molecule has 0 unspecified atom stereocenters. The molecule has 0 aliphatic rings. The molecule has 2 heterocycles. The standard InChI is InChI=1S/C13H19N5O2/c1-10(18-9-14-8-16-18)13(19)15-7-11(17(2)3)12-5-4-6-20-12/h4-6,8-11H,7H2,1-3H3,(H,15,19)/t10-,11+/m1/s1. The lowest BCUT2D eigenvalue weighted by Gasteiger charge is -2.23. The third kappa shape index (κ3) is 3.24. The summed E-state index contributed by atoms with van der Waals surface area (Å²) in [6, 6.07) is 3.34. The topological polar surface area (TPSA) is 76.2 Å². The summed E-state index contributed by atoms with van der Waals surface area (Å²) >= 11 is 0. The molecule has 0 radical (unpaired) electrons.